The van der Waals surface area contributed by atoms with E-state index < -0.39 is 17.4 Å². The van der Waals surface area contributed by atoms with Gasteiger partial charge in [0, 0.05) is 5.41 Å². The second kappa shape index (κ2) is 7.05. The van der Waals surface area contributed by atoms with Crippen LogP contribution in [0, 0.1) is 5.41 Å². The Morgan fingerprint density at radius 3 is 2.35 bits per heavy atom. The minimum atomic E-state index is -1.10. The molecule has 0 unspecified atom stereocenters. The van der Waals surface area contributed by atoms with E-state index in [-0.39, 0.29) is 12.5 Å². The fraction of sp³-hybridized carbons (Fsp3) is 0.467. The molecule has 0 fully saturated rings. The van der Waals surface area contributed by atoms with E-state index in [1.807, 2.05) is 30.3 Å². The van der Waals surface area contributed by atoms with E-state index in [0.717, 1.165) is 5.56 Å². The van der Waals surface area contributed by atoms with Gasteiger partial charge in [0.1, 0.15) is 0 Å². The third-order valence-electron chi connectivity index (χ3n) is 2.68. The molecule has 0 aromatic heterocycles. The summed E-state index contributed by atoms with van der Waals surface area (Å²) in [5.74, 6) is -1.41. The molecule has 1 aromatic rings. The minimum Gasteiger partial charge on any atom is -0.480 e. The molecule has 0 radical (unpaired) electrons. The molecule has 0 aliphatic carbocycles. The van der Waals surface area contributed by atoms with Gasteiger partial charge in [0.25, 0.3) is 0 Å². The Labute approximate surface area is 118 Å². The van der Waals surface area contributed by atoms with Crippen molar-refractivity contribution in [1.82, 2.24) is 5.32 Å². The Bertz CT molecular complexity index is 451. The Balaban J connectivity index is 2.48. The Morgan fingerprint density at radius 1 is 1.25 bits per heavy atom. The number of rotatable bonds is 6. The van der Waals surface area contributed by atoms with Crippen molar-refractivity contribution < 1.29 is 19.4 Å². The number of aliphatic carboxylic acids is 1. The molecule has 0 aliphatic heterocycles. The predicted molar refractivity (Wildman–Crippen MR) is 75.1 cm³/mol. The van der Waals surface area contributed by atoms with Crippen LogP contribution in [0.25, 0.3) is 0 Å². The lowest BCUT2D eigenvalue weighted by atomic mass is 9.95. The van der Waals surface area contributed by atoms with Crippen LogP contribution in [0.1, 0.15) is 26.3 Å². The van der Waals surface area contributed by atoms with Gasteiger partial charge in [-0.1, -0.05) is 51.1 Å². The third kappa shape index (κ3) is 5.40. The third-order valence-corrected chi connectivity index (χ3v) is 2.68. The summed E-state index contributed by atoms with van der Waals surface area (Å²) in [5, 5.41) is 11.6. The van der Waals surface area contributed by atoms with Crippen molar-refractivity contribution in [3.05, 3.63) is 35.9 Å². The van der Waals surface area contributed by atoms with Gasteiger partial charge in [0.15, 0.2) is 6.04 Å². The molecular weight excluding hydrogens is 258 g/mol. The van der Waals surface area contributed by atoms with Crippen molar-refractivity contribution in [2.75, 3.05) is 6.61 Å². The summed E-state index contributed by atoms with van der Waals surface area (Å²) in [6.07, 6.45) is 0. The van der Waals surface area contributed by atoms with Gasteiger partial charge in [-0.15, -0.1) is 0 Å². The standard InChI is InChI=1S/C15H21NO4/c1-15(2,3)14(19)16-12(13(17)18)10-20-9-11-7-5-4-6-8-11/h4-8,12H,9-10H2,1-3H3,(H,16,19)(H,17,18)/t12-/m1/s1. The first-order valence-electron chi connectivity index (χ1n) is 6.46. The predicted octanol–water partition coefficient (Wildman–Crippen LogP) is 1.82. The summed E-state index contributed by atoms with van der Waals surface area (Å²) in [5.41, 5.74) is 0.325. The molecule has 1 rings (SSSR count). The second-order valence-corrected chi connectivity index (χ2v) is 5.62. The molecule has 20 heavy (non-hydrogen) atoms. The molecule has 0 bridgehead atoms. The van der Waals surface area contributed by atoms with E-state index in [0.29, 0.717) is 6.61 Å². The topological polar surface area (TPSA) is 75.6 Å². The Kier molecular flexibility index (Phi) is 5.70. The van der Waals surface area contributed by atoms with Gasteiger partial charge in [0.05, 0.1) is 13.2 Å². The maximum atomic E-state index is 11.8. The van der Waals surface area contributed by atoms with Gasteiger partial charge in [0.2, 0.25) is 5.91 Å². The number of carboxylic acids is 1. The monoisotopic (exact) mass is 279 g/mol. The number of carboxylic acid groups (broad SMARTS) is 1. The molecule has 1 aromatic carbocycles. The van der Waals surface area contributed by atoms with E-state index in [9.17, 15) is 9.59 Å². The van der Waals surface area contributed by atoms with Crippen LogP contribution in [-0.2, 0) is 20.9 Å². The van der Waals surface area contributed by atoms with E-state index in [1.165, 1.54) is 0 Å². The zero-order valence-corrected chi connectivity index (χ0v) is 12.1. The van der Waals surface area contributed by atoms with E-state index in [2.05, 4.69) is 5.32 Å². The Hall–Kier alpha value is -1.88. The van der Waals surface area contributed by atoms with Crippen LogP contribution >= 0.6 is 0 Å². The lowest BCUT2D eigenvalue weighted by Gasteiger charge is -2.21. The average molecular weight is 279 g/mol. The van der Waals surface area contributed by atoms with Gasteiger partial charge < -0.3 is 15.2 Å². The molecule has 5 nitrogen and oxygen atoms in total. The highest BCUT2D eigenvalue weighted by Gasteiger charge is 2.27. The number of carbonyl (C=O) groups excluding carboxylic acids is 1. The van der Waals surface area contributed by atoms with Crippen molar-refractivity contribution in [3.8, 4) is 0 Å². The van der Waals surface area contributed by atoms with Crippen LogP contribution in [-0.4, -0.2) is 29.6 Å². The van der Waals surface area contributed by atoms with Crippen LogP contribution in [0.5, 0.6) is 0 Å². The number of benzene rings is 1. The van der Waals surface area contributed by atoms with Crippen LogP contribution in [0.4, 0.5) is 0 Å². The highest BCUT2D eigenvalue weighted by Crippen LogP contribution is 2.13. The van der Waals surface area contributed by atoms with Gasteiger partial charge in [-0.3, -0.25) is 4.79 Å². The summed E-state index contributed by atoms with van der Waals surface area (Å²) >= 11 is 0. The SMILES string of the molecule is CC(C)(C)C(=O)N[C@H](COCc1ccccc1)C(=O)O. The lowest BCUT2D eigenvalue weighted by Crippen LogP contribution is -2.48. The smallest absolute Gasteiger partial charge is 0.328 e. The van der Waals surface area contributed by atoms with Gasteiger partial charge in [-0.05, 0) is 5.56 Å². The van der Waals surface area contributed by atoms with Crippen molar-refractivity contribution in [2.24, 2.45) is 5.41 Å². The molecule has 0 saturated heterocycles. The summed E-state index contributed by atoms with van der Waals surface area (Å²) in [4.78, 5) is 22.9. The fourth-order valence-corrected chi connectivity index (χ4v) is 1.42. The molecule has 5 heteroatoms. The molecule has 2 N–H and O–H groups in total. The number of hydrogen-bond acceptors (Lipinski definition) is 3. The highest BCUT2D eigenvalue weighted by atomic mass is 16.5. The van der Waals surface area contributed by atoms with E-state index in [1.54, 1.807) is 20.8 Å². The van der Waals surface area contributed by atoms with Crippen LogP contribution in [0.15, 0.2) is 30.3 Å². The van der Waals surface area contributed by atoms with Crippen molar-refractivity contribution >= 4 is 11.9 Å². The number of carbonyl (C=O) groups is 2. The minimum absolute atomic E-state index is 0.0634. The largest absolute Gasteiger partial charge is 0.480 e. The summed E-state index contributed by atoms with van der Waals surface area (Å²) in [6, 6.07) is 8.41. The zero-order valence-electron chi connectivity index (χ0n) is 12.1. The van der Waals surface area contributed by atoms with Gasteiger partial charge >= 0.3 is 5.97 Å². The number of ether oxygens (including phenoxy) is 1. The first kappa shape index (κ1) is 16.2. The quantitative estimate of drug-likeness (QED) is 0.833. The summed E-state index contributed by atoms with van der Waals surface area (Å²) in [7, 11) is 0. The van der Waals surface area contributed by atoms with Crippen molar-refractivity contribution in [1.29, 1.82) is 0 Å². The first-order chi connectivity index (χ1) is 9.30. The maximum absolute atomic E-state index is 11.8. The van der Waals surface area contributed by atoms with Crippen molar-refractivity contribution in [2.45, 2.75) is 33.4 Å². The molecule has 1 atom stereocenters. The summed E-state index contributed by atoms with van der Waals surface area (Å²) in [6.45, 7) is 5.44. The van der Waals surface area contributed by atoms with Crippen LogP contribution in [0.2, 0.25) is 0 Å². The molecule has 0 spiro atoms. The molecular formula is C15H21NO4. The number of nitrogens with one attached hydrogen (secondary N) is 1. The Morgan fingerprint density at radius 2 is 1.85 bits per heavy atom. The molecule has 1 amide bonds. The average Bonchev–Trinajstić information content (AvgIpc) is 2.37. The first-order valence-corrected chi connectivity index (χ1v) is 6.46. The zero-order chi connectivity index (χ0) is 15.2. The fourth-order valence-electron chi connectivity index (χ4n) is 1.42. The van der Waals surface area contributed by atoms with E-state index in [4.69, 9.17) is 9.84 Å². The lowest BCUT2D eigenvalue weighted by molar-refractivity contribution is -0.145. The molecule has 0 aliphatic rings. The molecule has 110 valence electrons. The van der Waals surface area contributed by atoms with E-state index >= 15 is 0 Å². The van der Waals surface area contributed by atoms with Crippen LogP contribution in [0.3, 0.4) is 0 Å². The number of amides is 1. The van der Waals surface area contributed by atoms with Gasteiger partial charge in [-0.2, -0.15) is 0 Å². The second-order valence-electron chi connectivity index (χ2n) is 5.62. The normalized spacial score (nSPS) is 12.8. The van der Waals surface area contributed by atoms with Gasteiger partial charge in [-0.25, -0.2) is 4.79 Å². The highest BCUT2D eigenvalue weighted by molar-refractivity contribution is 5.86. The summed E-state index contributed by atoms with van der Waals surface area (Å²) < 4.78 is 5.36. The van der Waals surface area contributed by atoms with Crippen molar-refractivity contribution in [3.63, 3.8) is 0 Å². The maximum Gasteiger partial charge on any atom is 0.328 e. The molecule has 0 heterocycles. The molecule has 0 saturated carbocycles. The van der Waals surface area contributed by atoms with Crippen LogP contribution < -0.4 is 5.32 Å². The number of hydrogen-bond donors (Lipinski definition) is 2.